The Morgan fingerprint density at radius 1 is 1.19 bits per heavy atom. The maximum atomic E-state index is 12.3. The fourth-order valence-electron chi connectivity index (χ4n) is 3.10. The molecule has 2 fully saturated rings. The lowest BCUT2D eigenvalue weighted by Crippen LogP contribution is -2.51. The Kier molecular flexibility index (Phi) is 4.44. The van der Waals surface area contributed by atoms with E-state index in [4.69, 9.17) is 4.74 Å². The van der Waals surface area contributed by atoms with Crippen molar-refractivity contribution < 1.29 is 9.53 Å². The largest absolute Gasteiger partial charge is 0.368 e. The van der Waals surface area contributed by atoms with Crippen LogP contribution in [0.25, 0.3) is 0 Å². The van der Waals surface area contributed by atoms with Gasteiger partial charge in [0.15, 0.2) is 0 Å². The van der Waals surface area contributed by atoms with E-state index >= 15 is 0 Å². The van der Waals surface area contributed by atoms with Crippen LogP contribution in [0.1, 0.15) is 25.3 Å². The van der Waals surface area contributed by atoms with Gasteiger partial charge in [0.2, 0.25) is 0 Å². The Hall–Kier alpha value is -1.55. The minimum atomic E-state index is -0.180. The highest BCUT2D eigenvalue weighted by Crippen LogP contribution is 2.20. The Morgan fingerprint density at radius 2 is 1.90 bits per heavy atom. The molecular weight excluding hydrogens is 264 g/mol. The van der Waals surface area contributed by atoms with Crippen molar-refractivity contribution in [3.05, 3.63) is 29.8 Å². The lowest BCUT2D eigenvalue weighted by molar-refractivity contribution is -0.141. The highest BCUT2D eigenvalue weighted by molar-refractivity contribution is 5.81. The van der Waals surface area contributed by atoms with Gasteiger partial charge in [-0.25, -0.2) is 0 Å². The first-order valence-corrected chi connectivity index (χ1v) is 8.02. The summed E-state index contributed by atoms with van der Waals surface area (Å²) in [4.78, 5) is 16.6. The third-order valence-corrected chi connectivity index (χ3v) is 4.51. The van der Waals surface area contributed by atoms with Crippen LogP contribution in [0.5, 0.6) is 0 Å². The lowest BCUT2D eigenvalue weighted by atomic mass is 10.1. The van der Waals surface area contributed by atoms with Crippen LogP contribution in [-0.4, -0.2) is 49.7 Å². The standard InChI is InChI=1S/C17H24N2O2/c1-2-14-5-7-15(8-6-14)18-9-11-19(12-10-18)17(20)16-4-3-13-21-16/h5-8,16H,2-4,9-13H2,1H3. The van der Waals surface area contributed by atoms with Gasteiger partial charge < -0.3 is 14.5 Å². The molecule has 4 nitrogen and oxygen atoms in total. The molecule has 0 radical (unpaired) electrons. The number of rotatable bonds is 3. The third kappa shape index (κ3) is 3.21. The first-order valence-electron chi connectivity index (χ1n) is 8.02. The molecule has 1 aromatic carbocycles. The average molecular weight is 288 g/mol. The van der Waals surface area contributed by atoms with Crippen LogP contribution in [0, 0.1) is 0 Å². The first-order chi connectivity index (χ1) is 10.3. The number of carbonyl (C=O) groups is 1. The summed E-state index contributed by atoms with van der Waals surface area (Å²) in [5.41, 5.74) is 2.63. The van der Waals surface area contributed by atoms with E-state index in [1.165, 1.54) is 11.3 Å². The minimum Gasteiger partial charge on any atom is -0.368 e. The molecule has 114 valence electrons. The van der Waals surface area contributed by atoms with Crippen molar-refractivity contribution in [1.29, 1.82) is 0 Å². The number of nitrogens with zero attached hydrogens (tertiary/aromatic N) is 2. The number of aryl methyl sites for hydroxylation is 1. The van der Waals surface area contributed by atoms with Gasteiger partial charge in [-0.05, 0) is 37.0 Å². The van der Waals surface area contributed by atoms with Gasteiger partial charge in [-0.2, -0.15) is 0 Å². The van der Waals surface area contributed by atoms with Crippen molar-refractivity contribution in [3.63, 3.8) is 0 Å². The quantitative estimate of drug-likeness (QED) is 0.853. The number of benzene rings is 1. The Bertz CT molecular complexity index is 472. The monoisotopic (exact) mass is 288 g/mol. The zero-order valence-electron chi connectivity index (χ0n) is 12.8. The summed E-state index contributed by atoms with van der Waals surface area (Å²) in [5.74, 6) is 0.188. The van der Waals surface area contributed by atoms with Crippen molar-refractivity contribution in [2.75, 3.05) is 37.7 Å². The molecule has 2 heterocycles. The molecule has 0 N–H and O–H groups in total. The third-order valence-electron chi connectivity index (χ3n) is 4.51. The second kappa shape index (κ2) is 6.48. The summed E-state index contributed by atoms with van der Waals surface area (Å²) < 4.78 is 5.50. The van der Waals surface area contributed by atoms with E-state index in [9.17, 15) is 4.79 Å². The molecule has 21 heavy (non-hydrogen) atoms. The van der Waals surface area contributed by atoms with Crippen LogP contribution in [0.2, 0.25) is 0 Å². The topological polar surface area (TPSA) is 32.8 Å². The summed E-state index contributed by atoms with van der Waals surface area (Å²) in [5, 5.41) is 0. The number of anilines is 1. The Labute approximate surface area is 126 Å². The van der Waals surface area contributed by atoms with E-state index in [0.717, 1.165) is 52.0 Å². The van der Waals surface area contributed by atoms with Crippen molar-refractivity contribution in [3.8, 4) is 0 Å². The number of hydrogen-bond acceptors (Lipinski definition) is 3. The van der Waals surface area contributed by atoms with Crippen molar-refractivity contribution >= 4 is 11.6 Å². The molecule has 1 atom stereocenters. The van der Waals surface area contributed by atoms with Gasteiger partial charge in [-0.1, -0.05) is 19.1 Å². The zero-order valence-corrected chi connectivity index (χ0v) is 12.8. The highest BCUT2D eigenvalue weighted by atomic mass is 16.5. The molecule has 0 aliphatic carbocycles. The van der Waals surface area contributed by atoms with E-state index in [1.807, 2.05) is 4.90 Å². The summed E-state index contributed by atoms with van der Waals surface area (Å²) in [6, 6.07) is 8.77. The van der Waals surface area contributed by atoms with Crippen LogP contribution in [-0.2, 0) is 16.0 Å². The van der Waals surface area contributed by atoms with Crippen molar-refractivity contribution in [1.82, 2.24) is 4.90 Å². The van der Waals surface area contributed by atoms with Crippen LogP contribution in [0.15, 0.2) is 24.3 Å². The van der Waals surface area contributed by atoms with E-state index in [2.05, 4.69) is 36.1 Å². The van der Waals surface area contributed by atoms with Gasteiger partial charge >= 0.3 is 0 Å². The Morgan fingerprint density at radius 3 is 2.48 bits per heavy atom. The molecule has 0 bridgehead atoms. The molecule has 3 rings (SSSR count). The average Bonchev–Trinajstić information content (AvgIpc) is 3.09. The molecule has 1 amide bonds. The zero-order chi connectivity index (χ0) is 14.7. The molecule has 2 saturated heterocycles. The SMILES string of the molecule is CCc1ccc(N2CCN(C(=O)C3CCCO3)CC2)cc1. The highest BCUT2D eigenvalue weighted by Gasteiger charge is 2.30. The molecular formula is C17H24N2O2. The van der Waals surface area contributed by atoms with Crippen molar-refractivity contribution in [2.24, 2.45) is 0 Å². The maximum Gasteiger partial charge on any atom is 0.251 e. The van der Waals surface area contributed by atoms with Gasteiger partial charge in [-0.15, -0.1) is 0 Å². The fourth-order valence-corrected chi connectivity index (χ4v) is 3.10. The summed E-state index contributed by atoms with van der Waals surface area (Å²) >= 11 is 0. The normalized spacial score (nSPS) is 22.6. The van der Waals surface area contributed by atoms with Gasteiger partial charge in [0, 0.05) is 38.5 Å². The predicted molar refractivity (Wildman–Crippen MR) is 83.6 cm³/mol. The molecule has 1 unspecified atom stereocenters. The number of carbonyl (C=O) groups excluding carboxylic acids is 1. The summed E-state index contributed by atoms with van der Waals surface area (Å²) in [6.07, 6.45) is 2.79. The molecule has 0 spiro atoms. The number of piperazine rings is 1. The number of hydrogen-bond donors (Lipinski definition) is 0. The Balaban J connectivity index is 1.55. The smallest absolute Gasteiger partial charge is 0.251 e. The second-order valence-corrected chi connectivity index (χ2v) is 5.83. The summed E-state index contributed by atoms with van der Waals surface area (Å²) in [7, 11) is 0. The molecule has 4 heteroatoms. The van der Waals surface area contributed by atoms with E-state index in [-0.39, 0.29) is 12.0 Å². The lowest BCUT2D eigenvalue weighted by Gasteiger charge is -2.37. The van der Waals surface area contributed by atoms with E-state index in [0.29, 0.717) is 0 Å². The van der Waals surface area contributed by atoms with E-state index < -0.39 is 0 Å². The molecule has 1 aromatic rings. The van der Waals surface area contributed by atoms with Crippen LogP contribution < -0.4 is 4.90 Å². The number of ether oxygens (including phenoxy) is 1. The molecule has 0 aromatic heterocycles. The van der Waals surface area contributed by atoms with Crippen LogP contribution >= 0.6 is 0 Å². The van der Waals surface area contributed by atoms with Crippen LogP contribution in [0.3, 0.4) is 0 Å². The molecule has 2 aliphatic rings. The molecule has 0 saturated carbocycles. The van der Waals surface area contributed by atoms with Gasteiger partial charge in [0.25, 0.3) is 5.91 Å². The van der Waals surface area contributed by atoms with Gasteiger partial charge in [0.05, 0.1) is 0 Å². The summed E-state index contributed by atoms with van der Waals surface area (Å²) in [6.45, 7) is 6.32. The predicted octanol–water partition coefficient (Wildman–Crippen LogP) is 2.08. The number of amides is 1. The van der Waals surface area contributed by atoms with E-state index in [1.54, 1.807) is 0 Å². The first kappa shape index (κ1) is 14.4. The molecule has 2 aliphatic heterocycles. The van der Waals surface area contributed by atoms with Crippen molar-refractivity contribution in [2.45, 2.75) is 32.3 Å². The van der Waals surface area contributed by atoms with Crippen LogP contribution in [0.4, 0.5) is 5.69 Å². The van der Waals surface area contributed by atoms with Gasteiger partial charge in [-0.3, -0.25) is 4.79 Å². The maximum absolute atomic E-state index is 12.3. The van der Waals surface area contributed by atoms with Gasteiger partial charge in [0.1, 0.15) is 6.10 Å². The minimum absolute atomic E-state index is 0.180. The fraction of sp³-hybridized carbons (Fsp3) is 0.588. The second-order valence-electron chi connectivity index (χ2n) is 5.83.